The lowest BCUT2D eigenvalue weighted by Gasteiger charge is -2.14. The highest BCUT2D eigenvalue weighted by Crippen LogP contribution is 2.20. The fourth-order valence-corrected chi connectivity index (χ4v) is 3.46. The van der Waals surface area contributed by atoms with Gasteiger partial charge in [0.2, 0.25) is 0 Å². The lowest BCUT2D eigenvalue weighted by molar-refractivity contribution is 0.121. The van der Waals surface area contributed by atoms with Gasteiger partial charge in [0.05, 0.1) is 40.6 Å². The van der Waals surface area contributed by atoms with Crippen LogP contribution in [-0.2, 0) is 22.7 Å². The van der Waals surface area contributed by atoms with E-state index < -0.39 is 0 Å². The van der Waals surface area contributed by atoms with E-state index in [4.69, 9.17) is 18.9 Å². The van der Waals surface area contributed by atoms with Crippen molar-refractivity contribution in [3.8, 4) is 11.5 Å². The Morgan fingerprint density at radius 2 is 1.28 bits per heavy atom. The second-order valence-corrected chi connectivity index (χ2v) is 8.15. The summed E-state index contributed by atoms with van der Waals surface area (Å²) in [6.45, 7) is 9.16. The number of allylic oxidation sites excluding steroid dienone is 2. The normalized spacial score (nSPS) is 12.3. The molecule has 4 nitrogen and oxygen atoms in total. The van der Waals surface area contributed by atoms with E-state index in [-0.39, 0.29) is 0 Å². The smallest absolute Gasteiger partial charge is 0.118 e. The molecule has 0 bridgehead atoms. The van der Waals surface area contributed by atoms with E-state index in [1.54, 1.807) is 14.2 Å². The van der Waals surface area contributed by atoms with Crippen molar-refractivity contribution < 1.29 is 18.9 Å². The Morgan fingerprint density at radius 3 is 1.75 bits per heavy atom. The summed E-state index contributed by atoms with van der Waals surface area (Å²) >= 11 is 0. The molecule has 0 heterocycles. The molecule has 2 aromatic rings. The zero-order valence-corrected chi connectivity index (χ0v) is 20.2. The molecule has 0 aliphatic rings. The predicted molar refractivity (Wildman–Crippen MR) is 131 cm³/mol. The first kappa shape index (κ1) is 25.7. The van der Waals surface area contributed by atoms with Crippen molar-refractivity contribution >= 4 is 0 Å². The molecule has 0 aliphatic heterocycles. The van der Waals surface area contributed by atoms with Gasteiger partial charge in [-0.3, -0.25) is 0 Å². The van der Waals surface area contributed by atoms with Gasteiger partial charge in [-0.05, 0) is 68.0 Å². The maximum atomic E-state index is 5.94. The monoisotopic (exact) mass is 438 g/mol. The van der Waals surface area contributed by atoms with Crippen LogP contribution in [0.1, 0.15) is 44.7 Å². The second-order valence-electron chi connectivity index (χ2n) is 8.15. The molecular weight excluding hydrogens is 400 g/mol. The molecule has 4 heteroatoms. The minimum atomic E-state index is 0.395. The van der Waals surface area contributed by atoms with Crippen LogP contribution in [0.15, 0.2) is 71.8 Å². The van der Waals surface area contributed by atoms with Gasteiger partial charge in [-0.1, -0.05) is 54.5 Å². The van der Waals surface area contributed by atoms with Crippen molar-refractivity contribution in [1.82, 2.24) is 0 Å². The van der Waals surface area contributed by atoms with Gasteiger partial charge in [-0.15, -0.1) is 0 Å². The summed E-state index contributed by atoms with van der Waals surface area (Å²) < 4.78 is 22.2. The molecule has 1 unspecified atom stereocenters. The van der Waals surface area contributed by atoms with E-state index in [0.717, 1.165) is 35.5 Å². The van der Waals surface area contributed by atoms with Gasteiger partial charge in [-0.25, -0.2) is 0 Å². The largest absolute Gasteiger partial charge is 0.497 e. The van der Waals surface area contributed by atoms with Gasteiger partial charge < -0.3 is 18.9 Å². The van der Waals surface area contributed by atoms with Crippen LogP contribution in [0, 0.1) is 5.92 Å². The summed E-state index contributed by atoms with van der Waals surface area (Å²) in [5.74, 6) is 2.12. The Labute approximate surface area is 193 Å². The van der Waals surface area contributed by atoms with Crippen LogP contribution in [0.2, 0.25) is 0 Å². The fourth-order valence-electron chi connectivity index (χ4n) is 3.46. The van der Waals surface area contributed by atoms with Crippen molar-refractivity contribution in [2.45, 2.75) is 46.8 Å². The predicted octanol–water partition coefficient (Wildman–Crippen LogP) is 6.75. The van der Waals surface area contributed by atoms with Gasteiger partial charge in [0.15, 0.2) is 0 Å². The highest BCUT2D eigenvalue weighted by Gasteiger charge is 2.07. The maximum Gasteiger partial charge on any atom is 0.118 e. The van der Waals surface area contributed by atoms with Crippen molar-refractivity contribution in [3.05, 3.63) is 83.0 Å². The quantitative estimate of drug-likeness (QED) is 0.242. The maximum absolute atomic E-state index is 5.94. The molecule has 2 rings (SSSR count). The Kier molecular flexibility index (Phi) is 11.6. The van der Waals surface area contributed by atoms with Gasteiger partial charge in [0, 0.05) is 0 Å². The third kappa shape index (κ3) is 9.71. The Morgan fingerprint density at radius 1 is 0.781 bits per heavy atom. The van der Waals surface area contributed by atoms with Crippen molar-refractivity contribution in [1.29, 1.82) is 0 Å². The molecule has 2 aromatic carbocycles. The summed E-state index contributed by atoms with van der Waals surface area (Å²) in [4.78, 5) is 0. The lowest BCUT2D eigenvalue weighted by Crippen LogP contribution is -2.04. The number of hydrogen-bond acceptors (Lipinski definition) is 4. The van der Waals surface area contributed by atoms with Crippen LogP contribution in [0.3, 0.4) is 0 Å². The van der Waals surface area contributed by atoms with E-state index >= 15 is 0 Å². The van der Waals surface area contributed by atoms with E-state index in [2.05, 4.69) is 32.9 Å². The summed E-state index contributed by atoms with van der Waals surface area (Å²) in [7, 11) is 3.35. The zero-order valence-electron chi connectivity index (χ0n) is 20.2. The number of methoxy groups -OCH3 is 2. The standard InChI is InChI=1S/C28H38O4/c1-22(2)19-23(3)26(16-18-32-21-25-10-14-28(30-5)15-11-25)7-6-17-31-20-24-8-12-27(29-4)13-9-24/h7-15,19,23H,6,16-18,20-21H2,1-5H3/b26-7-. The molecule has 0 spiro atoms. The summed E-state index contributed by atoms with van der Waals surface area (Å²) in [5, 5.41) is 0. The molecule has 0 fully saturated rings. The second kappa shape index (κ2) is 14.5. The first-order chi connectivity index (χ1) is 15.5. The first-order valence-corrected chi connectivity index (χ1v) is 11.3. The minimum absolute atomic E-state index is 0.395. The van der Waals surface area contributed by atoms with Gasteiger partial charge >= 0.3 is 0 Å². The SMILES string of the molecule is COc1ccc(COCC/C=C(/CCOCc2ccc(OC)cc2)C(C)C=C(C)C)cc1. The highest BCUT2D eigenvalue weighted by atomic mass is 16.5. The number of benzene rings is 2. The molecular formula is C28H38O4. The Hall–Kier alpha value is -2.56. The third-order valence-electron chi connectivity index (χ3n) is 5.23. The van der Waals surface area contributed by atoms with E-state index in [1.807, 2.05) is 48.5 Å². The van der Waals surface area contributed by atoms with Gasteiger partial charge in [0.1, 0.15) is 11.5 Å². The Balaban J connectivity index is 1.79. The molecule has 0 saturated carbocycles. The molecule has 32 heavy (non-hydrogen) atoms. The molecule has 0 N–H and O–H groups in total. The minimum Gasteiger partial charge on any atom is -0.497 e. The third-order valence-corrected chi connectivity index (χ3v) is 5.23. The molecule has 0 aliphatic carbocycles. The van der Waals surface area contributed by atoms with Crippen LogP contribution in [0.4, 0.5) is 0 Å². The van der Waals surface area contributed by atoms with Gasteiger partial charge in [0.25, 0.3) is 0 Å². The number of rotatable bonds is 14. The lowest BCUT2D eigenvalue weighted by atomic mass is 9.95. The van der Waals surface area contributed by atoms with Crippen LogP contribution >= 0.6 is 0 Å². The number of hydrogen-bond donors (Lipinski definition) is 0. The Bertz CT molecular complexity index is 831. The summed E-state index contributed by atoms with van der Waals surface area (Å²) in [5.41, 5.74) is 5.03. The molecule has 0 amide bonds. The number of ether oxygens (including phenoxy) is 4. The first-order valence-electron chi connectivity index (χ1n) is 11.3. The van der Waals surface area contributed by atoms with Crippen LogP contribution < -0.4 is 9.47 Å². The van der Waals surface area contributed by atoms with Gasteiger partial charge in [-0.2, -0.15) is 0 Å². The van der Waals surface area contributed by atoms with E-state index in [0.29, 0.717) is 32.3 Å². The van der Waals surface area contributed by atoms with Crippen molar-refractivity contribution in [2.24, 2.45) is 5.92 Å². The topological polar surface area (TPSA) is 36.9 Å². The van der Waals surface area contributed by atoms with Crippen molar-refractivity contribution in [3.63, 3.8) is 0 Å². The van der Waals surface area contributed by atoms with E-state index in [1.165, 1.54) is 11.1 Å². The molecule has 1 atom stereocenters. The molecule has 0 saturated heterocycles. The highest BCUT2D eigenvalue weighted by molar-refractivity contribution is 5.27. The van der Waals surface area contributed by atoms with E-state index in [9.17, 15) is 0 Å². The summed E-state index contributed by atoms with van der Waals surface area (Å²) in [6, 6.07) is 16.0. The zero-order chi connectivity index (χ0) is 23.2. The molecule has 174 valence electrons. The molecule has 0 radical (unpaired) electrons. The molecule has 0 aromatic heterocycles. The van der Waals surface area contributed by atoms with Crippen LogP contribution in [-0.4, -0.2) is 27.4 Å². The fraction of sp³-hybridized carbons (Fsp3) is 0.429. The van der Waals surface area contributed by atoms with Crippen LogP contribution in [0.25, 0.3) is 0 Å². The van der Waals surface area contributed by atoms with Crippen molar-refractivity contribution in [2.75, 3.05) is 27.4 Å². The average Bonchev–Trinajstić information content (AvgIpc) is 2.80. The van der Waals surface area contributed by atoms with Crippen LogP contribution in [0.5, 0.6) is 11.5 Å². The average molecular weight is 439 g/mol. The summed E-state index contributed by atoms with van der Waals surface area (Å²) in [6.07, 6.45) is 6.44.